The van der Waals surface area contributed by atoms with Gasteiger partial charge in [-0.15, -0.1) is 0 Å². The van der Waals surface area contributed by atoms with Crippen molar-refractivity contribution in [1.29, 1.82) is 0 Å². The average molecular weight is 161 g/mol. The number of terminal acetylenes is 1. The number of phenols is 1. The number of phenolic OH excluding ortho intramolecular Hbond substituents is 1. The van der Waals surface area contributed by atoms with Gasteiger partial charge in [0.2, 0.25) is 0 Å². The summed E-state index contributed by atoms with van der Waals surface area (Å²) >= 11 is 0. The molecule has 0 atom stereocenters. The predicted molar refractivity (Wildman–Crippen MR) is 44.4 cm³/mol. The molecule has 0 spiro atoms. The fourth-order valence-corrected chi connectivity index (χ4v) is 0.799. The average Bonchev–Trinajstić information content (AvgIpc) is 2.05. The van der Waals surface area contributed by atoms with Crippen molar-refractivity contribution in [3.8, 4) is 18.2 Å². The summed E-state index contributed by atoms with van der Waals surface area (Å²) in [5, 5.41) is 11.3. The Morgan fingerprint density at radius 3 is 2.75 bits per heavy atom. The molecule has 12 heavy (non-hydrogen) atoms. The fourth-order valence-electron chi connectivity index (χ4n) is 0.799. The summed E-state index contributed by atoms with van der Waals surface area (Å²) in [6, 6.07) is 8.16. The van der Waals surface area contributed by atoms with Gasteiger partial charge in [-0.05, 0) is 12.1 Å². The van der Waals surface area contributed by atoms with Crippen molar-refractivity contribution in [1.82, 2.24) is 5.32 Å². The van der Waals surface area contributed by atoms with Crippen LogP contribution in [0.4, 0.5) is 0 Å². The lowest BCUT2D eigenvalue weighted by atomic mass is 10.2. The Labute approximate surface area is 70.0 Å². The zero-order valence-electron chi connectivity index (χ0n) is 6.24. The van der Waals surface area contributed by atoms with Crippen LogP contribution < -0.4 is 5.32 Å². The van der Waals surface area contributed by atoms with Crippen molar-refractivity contribution < 1.29 is 9.90 Å². The van der Waals surface area contributed by atoms with E-state index in [1.165, 1.54) is 12.1 Å². The molecule has 1 aromatic rings. The van der Waals surface area contributed by atoms with E-state index in [-0.39, 0.29) is 11.3 Å². The lowest BCUT2D eigenvalue weighted by Gasteiger charge is -1.99. The normalized spacial score (nSPS) is 8.58. The number of benzene rings is 1. The molecule has 0 fully saturated rings. The highest BCUT2D eigenvalue weighted by Gasteiger charge is 2.07. The molecule has 0 heterocycles. The lowest BCUT2D eigenvalue weighted by molar-refractivity contribution is 0.0971. The van der Waals surface area contributed by atoms with E-state index in [4.69, 9.17) is 6.42 Å². The summed E-state index contributed by atoms with van der Waals surface area (Å²) in [6.45, 7) is 0. The van der Waals surface area contributed by atoms with Crippen molar-refractivity contribution in [2.75, 3.05) is 0 Å². The zero-order chi connectivity index (χ0) is 8.97. The van der Waals surface area contributed by atoms with Gasteiger partial charge in [-0.3, -0.25) is 10.1 Å². The van der Waals surface area contributed by atoms with E-state index in [2.05, 4.69) is 5.32 Å². The van der Waals surface area contributed by atoms with E-state index in [1.54, 1.807) is 12.1 Å². The Bertz CT molecular complexity index is 339. The number of carbonyl (C=O) groups excluding carboxylic acids is 1. The first-order valence-corrected chi connectivity index (χ1v) is 3.29. The molecule has 3 nitrogen and oxygen atoms in total. The highest BCUT2D eigenvalue weighted by atomic mass is 16.3. The highest BCUT2D eigenvalue weighted by Crippen LogP contribution is 2.14. The molecule has 60 valence electrons. The molecule has 1 rings (SSSR count). The van der Waals surface area contributed by atoms with E-state index < -0.39 is 5.91 Å². The molecular formula is C9H7NO2. The van der Waals surface area contributed by atoms with Crippen LogP contribution in [0.15, 0.2) is 24.3 Å². The minimum atomic E-state index is -0.476. The first-order chi connectivity index (χ1) is 5.75. The number of carbonyl (C=O) groups is 1. The number of rotatable bonds is 1. The van der Waals surface area contributed by atoms with Crippen LogP contribution in [0.5, 0.6) is 5.75 Å². The number of aromatic hydroxyl groups is 1. The van der Waals surface area contributed by atoms with Crippen LogP contribution in [0, 0.1) is 12.5 Å². The molecule has 0 aliphatic carbocycles. The Kier molecular flexibility index (Phi) is 2.34. The lowest BCUT2D eigenvalue weighted by Crippen LogP contribution is -2.17. The summed E-state index contributed by atoms with van der Waals surface area (Å²) in [5.41, 5.74) is 0.176. The SMILES string of the molecule is C#CNC(=O)c1ccccc1O. The van der Waals surface area contributed by atoms with Crippen LogP contribution in [0.25, 0.3) is 0 Å². The van der Waals surface area contributed by atoms with Gasteiger partial charge >= 0.3 is 0 Å². The molecular weight excluding hydrogens is 154 g/mol. The van der Waals surface area contributed by atoms with Gasteiger partial charge in [0, 0.05) is 6.04 Å². The van der Waals surface area contributed by atoms with Gasteiger partial charge in [-0.1, -0.05) is 18.6 Å². The molecule has 0 aromatic heterocycles. The second kappa shape index (κ2) is 3.44. The van der Waals surface area contributed by atoms with Crippen molar-refractivity contribution in [3.63, 3.8) is 0 Å². The summed E-state index contributed by atoms with van der Waals surface area (Å²) in [5.74, 6) is -0.555. The first-order valence-electron chi connectivity index (χ1n) is 3.29. The maximum atomic E-state index is 11.1. The van der Waals surface area contributed by atoms with E-state index in [0.717, 1.165) is 0 Å². The topological polar surface area (TPSA) is 49.3 Å². The van der Waals surface area contributed by atoms with Gasteiger partial charge in [-0.25, -0.2) is 0 Å². The molecule has 0 aliphatic heterocycles. The van der Waals surface area contributed by atoms with Crippen molar-refractivity contribution in [3.05, 3.63) is 29.8 Å². The Morgan fingerprint density at radius 1 is 1.50 bits per heavy atom. The molecule has 0 radical (unpaired) electrons. The standard InChI is InChI=1S/C9H7NO2/c1-2-10-9(12)7-5-3-4-6-8(7)11/h1,3-6,11H,(H,10,12). The zero-order valence-corrected chi connectivity index (χ0v) is 6.24. The summed E-state index contributed by atoms with van der Waals surface area (Å²) < 4.78 is 0. The Balaban J connectivity index is 2.97. The van der Waals surface area contributed by atoms with Crippen LogP contribution in [0.3, 0.4) is 0 Å². The van der Waals surface area contributed by atoms with E-state index in [1.807, 2.05) is 6.04 Å². The number of hydrogen-bond donors (Lipinski definition) is 2. The maximum absolute atomic E-state index is 11.1. The quantitative estimate of drug-likeness (QED) is 0.470. The smallest absolute Gasteiger partial charge is 0.266 e. The number of para-hydroxylation sites is 1. The highest BCUT2D eigenvalue weighted by molar-refractivity contribution is 5.97. The van der Waals surface area contributed by atoms with Crippen molar-refractivity contribution in [2.45, 2.75) is 0 Å². The second-order valence-electron chi connectivity index (χ2n) is 2.12. The summed E-state index contributed by atoms with van der Waals surface area (Å²) in [4.78, 5) is 11.1. The molecule has 0 bridgehead atoms. The van der Waals surface area contributed by atoms with Gasteiger partial charge in [0.05, 0.1) is 5.56 Å². The third-order valence-corrected chi connectivity index (χ3v) is 1.33. The fraction of sp³-hybridized carbons (Fsp3) is 0. The van der Waals surface area contributed by atoms with Crippen LogP contribution >= 0.6 is 0 Å². The molecule has 0 unspecified atom stereocenters. The van der Waals surface area contributed by atoms with Crippen LogP contribution in [-0.2, 0) is 0 Å². The maximum Gasteiger partial charge on any atom is 0.266 e. The van der Waals surface area contributed by atoms with Crippen molar-refractivity contribution in [2.24, 2.45) is 0 Å². The monoisotopic (exact) mass is 161 g/mol. The van der Waals surface area contributed by atoms with Gasteiger partial charge < -0.3 is 5.11 Å². The van der Waals surface area contributed by atoms with Crippen LogP contribution in [0.2, 0.25) is 0 Å². The second-order valence-corrected chi connectivity index (χ2v) is 2.12. The van der Waals surface area contributed by atoms with Gasteiger partial charge in [0.15, 0.2) is 0 Å². The van der Waals surface area contributed by atoms with E-state index in [0.29, 0.717) is 0 Å². The van der Waals surface area contributed by atoms with E-state index >= 15 is 0 Å². The van der Waals surface area contributed by atoms with Gasteiger partial charge in [0.1, 0.15) is 5.75 Å². The minimum Gasteiger partial charge on any atom is -0.507 e. The molecule has 3 heteroatoms. The molecule has 2 N–H and O–H groups in total. The van der Waals surface area contributed by atoms with E-state index in [9.17, 15) is 9.90 Å². The molecule has 1 amide bonds. The molecule has 0 saturated carbocycles. The number of nitrogens with one attached hydrogen (secondary N) is 1. The molecule has 0 aliphatic rings. The molecule has 0 saturated heterocycles. The van der Waals surface area contributed by atoms with Crippen molar-refractivity contribution >= 4 is 5.91 Å². The van der Waals surface area contributed by atoms with Crippen LogP contribution in [-0.4, -0.2) is 11.0 Å². The number of amides is 1. The third-order valence-electron chi connectivity index (χ3n) is 1.33. The predicted octanol–water partition coefficient (Wildman–Crippen LogP) is 0.713. The molecule has 1 aromatic carbocycles. The van der Waals surface area contributed by atoms with Gasteiger partial charge in [-0.2, -0.15) is 0 Å². The van der Waals surface area contributed by atoms with Crippen LogP contribution in [0.1, 0.15) is 10.4 Å². The first kappa shape index (κ1) is 8.15. The Morgan fingerprint density at radius 2 is 2.17 bits per heavy atom. The minimum absolute atomic E-state index is 0.0785. The summed E-state index contributed by atoms with van der Waals surface area (Å²) in [6.07, 6.45) is 4.85. The number of hydrogen-bond acceptors (Lipinski definition) is 2. The Hall–Kier alpha value is -1.95. The summed E-state index contributed by atoms with van der Waals surface area (Å²) in [7, 11) is 0. The third kappa shape index (κ3) is 1.55. The van der Waals surface area contributed by atoms with Gasteiger partial charge in [0.25, 0.3) is 5.91 Å². The largest absolute Gasteiger partial charge is 0.507 e.